The van der Waals surface area contributed by atoms with Crippen molar-refractivity contribution in [3.63, 3.8) is 0 Å². The third-order valence-corrected chi connectivity index (χ3v) is 6.58. The van der Waals surface area contributed by atoms with E-state index in [1.165, 1.54) is 22.7 Å². The van der Waals surface area contributed by atoms with Gasteiger partial charge in [0.2, 0.25) is 0 Å². The first-order valence-corrected chi connectivity index (χ1v) is 7.89. The number of aromatic nitrogens is 1. The first kappa shape index (κ1) is 12.2. The zero-order chi connectivity index (χ0) is 11.0. The fourth-order valence-corrected chi connectivity index (χ4v) is 4.43. The predicted octanol–water partition coefficient (Wildman–Crippen LogP) is 4.57. The van der Waals surface area contributed by atoms with E-state index < -0.39 is 6.10 Å². The first-order valence-electron chi connectivity index (χ1n) is 3.81. The molecule has 0 radical (unpaired) electrons. The van der Waals surface area contributed by atoms with E-state index in [1.54, 1.807) is 0 Å². The van der Waals surface area contributed by atoms with Crippen molar-refractivity contribution in [3.8, 4) is 0 Å². The number of halogens is 3. The van der Waals surface area contributed by atoms with E-state index in [0.717, 1.165) is 17.7 Å². The summed E-state index contributed by atoms with van der Waals surface area (Å²) >= 11 is 13.0. The molecule has 0 bridgehead atoms. The highest BCUT2D eigenvalue weighted by atomic mass is 79.9. The van der Waals surface area contributed by atoms with Crippen LogP contribution in [-0.2, 0) is 0 Å². The average Bonchev–Trinajstić information content (AvgIpc) is 2.74. The van der Waals surface area contributed by atoms with Crippen LogP contribution >= 0.6 is 70.5 Å². The van der Waals surface area contributed by atoms with E-state index in [0.29, 0.717) is 5.01 Å². The van der Waals surface area contributed by atoms with Gasteiger partial charge in [0, 0.05) is 14.7 Å². The Hall–Kier alpha value is 0.730. The molecule has 2 nitrogen and oxygen atoms in total. The Morgan fingerprint density at radius 2 is 2.07 bits per heavy atom. The van der Waals surface area contributed by atoms with Crippen molar-refractivity contribution >= 4 is 70.5 Å². The monoisotopic (exact) mass is 431 g/mol. The van der Waals surface area contributed by atoms with Gasteiger partial charge >= 0.3 is 0 Å². The number of hydrogen-bond donors (Lipinski definition) is 1. The van der Waals surface area contributed by atoms with Gasteiger partial charge in [0.05, 0.1) is 3.79 Å². The number of hydrogen-bond acceptors (Lipinski definition) is 4. The summed E-state index contributed by atoms with van der Waals surface area (Å²) in [7, 11) is 0. The van der Waals surface area contributed by atoms with Crippen LogP contribution in [0, 0.1) is 0 Å². The molecule has 0 aliphatic heterocycles. The third kappa shape index (κ3) is 2.70. The molecule has 0 aromatic carbocycles. The fourth-order valence-electron chi connectivity index (χ4n) is 1.01. The molecule has 1 N–H and O–H groups in total. The van der Waals surface area contributed by atoms with Crippen molar-refractivity contribution in [2.24, 2.45) is 0 Å². The Bertz CT molecular complexity index is 462. The van der Waals surface area contributed by atoms with Gasteiger partial charge in [-0.3, -0.25) is 0 Å². The number of aliphatic hydroxyl groups is 1. The van der Waals surface area contributed by atoms with Crippen LogP contribution in [-0.4, -0.2) is 10.1 Å². The van der Waals surface area contributed by atoms with Gasteiger partial charge in [-0.05, 0) is 53.9 Å². The molecular weight excluding hydrogens is 430 g/mol. The second-order valence-electron chi connectivity index (χ2n) is 2.68. The molecule has 2 heterocycles. The lowest BCUT2D eigenvalue weighted by Gasteiger charge is -2.02. The van der Waals surface area contributed by atoms with Crippen molar-refractivity contribution in [2.75, 3.05) is 0 Å². The molecule has 1 unspecified atom stereocenters. The standard InChI is InChI=1S/C8H4Br3NOS2/c9-3-1-4(15-7(3)11)6(13)8-12-5(10)2-14-8/h1-2,6,13H. The van der Waals surface area contributed by atoms with Crippen LogP contribution < -0.4 is 0 Å². The highest BCUT2D eigenvalue weighted by Crippen LogP contribution is 2.38. The molecule has 2 aromatic rings. The summed E-state index contributed by atoms with van der Waals surface area (Å²) in [5.41, 5.74) is 0. The minimum Gasteiger partial charge on any atom is -0.380 e. The van der Waals surface area contributed by atoms with Gasteiger partial charge in [-0.15, -0.1) is 22.7 Å². The summed E-state index contributed by atoms with van der Waals surface area (Å²) in [5.74, 6) is 0. The Morgan fingerprint density at radius 3 is 2.53 bits per heavy atom. The second-order valence-corrected chi connectivity index (χ2v) is 7.64. The van der Waals surface area contributed by atoms with Crippen LogP contribution in [0.25, 0.3) is 0 Å². The van der Waals surface area contributed by atoms with Crippen LogP contribution in [0.4, 0.5) is 0 Å². The normalized spacial score (nSPS) is 13.1. The summed E-state index contributed by atoms with van der Waals surface area (Å²) in [6, 6.07) is 1.90. The molecule has 15 heavy (non-hydrogen) atoms. The number of rotatable bonds is 2. The highest BCUT2D eigenvalue weighted by Gasteiger charge is 2.17. The number of thiazole rings is 1. The smallest absolute Gasteiger partial charge is 0.140 e. The van der Waals surface area contributed by atoms with E-state index in [-0.39, 0.29) is 0 Å². The largest absolute Gasteiger partial charge is 0.380 e. The van der Waals surface area contributed by atoms with E-state index in [4.69, 9.17) is 0 Å². The van der Waals surface area contributed by atoms with Crippen molar-refractivity contribution in [1.82, 2.24) is 4.98 Å². The lowest BCUT2D eigenvalue weighted by atomic mass is 10.3. The summed E-state index contributed by atoms with van der Waals surface area (Å²) in [5, 5.41) is 12.6. The van der Waals surface area contributed by atoms with Gasteiger partial charge in [0.25, 0.3) is 0 Å². The average molecular weight is 434 g/mol. The summed E-state index contributed by atoms with van der Waals surface area (Å²) in [6.45, 7) is 0. The quantitative estimate of drug-likeness (QED) is 0.752. The van der Waals surface area contributed by atoms with Crippen LogP contribution in [0.1, 0.15) is 16.0 Å². The first-order chi connectivity index (χ1) is 7.08. The Kier molecular flexibility index (Phi) is 4.01. The van der Waals surface area contributed by atoms with E-state index >= 15 is 0 Å². The zero-order valence-electron chi connectivity index (χ0n) is 7.08. The number of thiophene rings is 1. The molecule has 0 aliphatic carbocycles. The van der Waals surface area contributed by atoms with E-state index in [1.807, 2.05) is 11.4 Å². The summed E-state index contributed by atoms with van der Waals surface area (Å²) < 4.78 is 2.69. The summed E-state index contributed by atoms with van der Waals surface area (Å²) in [4.78, 5) is 5.06. The van der Waals surface area contributed by atoms with Crippen LogP contribution in [0.5, 0.6) is 0 Å². The molecule has 0 fully saturated rings. The SMILES string of the molecule is OC(c1cc(Br)c(Br)s1)c1nc(Br)cs1. The van der Waals surface area contributed by atoms with Crippen LogP contribution in [0.3, 0.4) is 0 Å². The predicted molar refractivity (Wildman–Crippen MR) is 73.6 cm³/mol. The van der Waals surface area contributed by atoms with Crippen molar-refractivity contribution < 1.29 is 5.11 Å². The molecule has 1 atom stereocenters. The van der Waals surface area contributed by atoms with Gasteiger partial charge in [0.15, 0.2) is 0 Å². The molecule has 2 rings (SSSR count). The van der Waals surface area contributed by atoms with Gasteiger partial charge in [-0.25, -0.2) is 4.98 Å². The van der Waals surface area contributed by atoms with Crippen molar-refractivity contribution in [3.05, 3.63) is 34.2 Å². The van der Waals surface area contributed by atoms with Gasteiger partial charge in [-0.2, -0.15) is 0 Å². The van der Waals surface area contributed by atoms with E-state index in [9.17, 15) is 5.11 Å². The summed E-state index contributed by atoms with van der Waals surface area (Å²) in [6.07, 6.45) is -0.645. The topological polar surface area (TPSA) is 33.1 Å². The van der Waals surface area contributed by atoms with Gasteiger partial charge < -0.3 is 5.11 Å². The molecule has 2 aromatic heterocycles. The minimum absolute atomic E-state index is 0.645. The van der Waals surface area contributed by atoms with Crippen LogP contribution in [0.2, 0.25) is 0 Å². The molecule has 0 aliphatic rings. The maximum Gasteiger partial charge on any atom is 0.140 e. The van der Waals surface area contributed by atoms with E-state index in [2.05, 4.69) is 52.8 Å². The van der Waals surface area contributed by atoms with Gasteiger partial charge in [-0.1, -0.05) is 0 Å². The Balaban J connectivity index is 2.31. The molecule has 0 saturated heterocycles. The van der Waals surface area contributed by atoms with Crippen molar-refractivity contribution in [2.45, 2.75) is 6.10 Å². The lowest BCUT2D eigenvalue weighted by molar-refractivity contribution is 0.223. The molecule has 7 heteroatoms. The molecule has 0 spiro atoms. The van der Waals surface area contributed by atoms with Gasteiger partial charge in [0.1, 0.15) is 15.7 Å². The maximum atomic E-state index is 10.0. The minimum atomic E-state index is -0.645. The molecular formula is C8H4Br3NOS2. The molecule has 80 valence electrons. The number of nitrogens with zero attached hydrogens (tertiary/aromatic N) is 1. The third-order valence-electron chi connectivity index (χ3n) is 1.66. The lowest BCUT2D eigenvalue weighted by Crippen LogP contribution is -1.95. The Morgan fingerprint density at radius 1 is 1.33 bits per heavy atom. The van der Waals surface area contributed by atoms with Crippen molar-refractivity contribution in [1.29, 1.82) is 0 Å². The zero-order valence-corrected chi connectivity index (χ0v) is 13.5. The Labute approximate surface area is 120 Å². The number of aliphatic hydroxyl groups excluding tert-OH is 1. The molecule has 0 amide bonds. The van der Waals surface area contributed by atoms with Crippen LogP contribution in [0.15, 0.2) is 24.3 Å². The molecule has 0 saturated carbocycles. The highest BCUT2D eigenvalue weighted by molar-refractivity contribution is 9.13. The fraction of sp³-hybridized carbons (Fsp3) is 0.125. The second kappa shape index (κ2) is 4.93. The maximum absolute atomic E-state index is 10.0.